The van der Waals surface area contributed by atoms with Crippen LogP contribution in [-0.2, 0) is 12.8 Å². The highest BCUT2D eigenvalue weighted by atomic mass is 14.7. The van der Waals surface area contributed by atoms with E-state index in [2.05, 4.69) is 36.2 Å². The van der Waals surface area contributed by atoms with E-state index < -0.39 is 0 Å². The van der Waals surface area contributed by atoms with Gasteiger partial charge in [0.05, 0.1) is 0 Å². The average molecular weight is 240 g/mol. The molecule has 2 N–H and O–H groups in total. The van der Waals surface area contributed by atoms with E-state index in [1.807, 2.05) is 24.4 Å². The quantitative estimate of drug-likeness (QED) is 0.871. The Morgan fingerprint density at radius 3 is 2.78 bits per heavy atom. The highest BCUT2D eigenvalue weighted by Crippen LogP contribution is 2.17. The van der Waals surface area contributed by atoms with Gasteiger partial charge in [0.25, 0.3) is 0 Å². The van der Waals surface area contributed by atoms with Crippen molar-refractivity contribution in [1.29, 1.82) is 0 Å². The van der Waals surface area contributed by atoms with Crippen molar-refractivity contribution >= 4 is 0 Å². The molecule has 2 heteroatoms. The van der Waals surface area contributed by atoms with Gasteiger partial charge in [-0.2, -0.15) is 0 Å². The monoisotopic (exact) mass is 240 g/mol. The van der Waals surface area contributed by atoms with Crippen molar-refractivity contribution in [3.63, 3.8) is 0 Å². The lowest BCUT2D eigenvalue weighted by molar-refractivity contribution is 0.704. The maximum Gasteiger partial charge on any atom is 0.0422 e. The Bertz CT molecular complexity index is 479. The van der Waals surface area contributed by atoms with Gasteiger partial charge in [0.2, 0.25) is 0 Å². The van der Waals surface area contributed by atoms with Gasteiger partial charge in [-0.15, -0.1) is 0 Å². The first-order valence-corrected chi connectivity index (χ1v) is 6.54. The fourth-order valence-electron chi connectivity index (χ4n) is 2.13. The first-order valence-electron chi connectivity index (χ1n) is 6.54. The summed E-state index contributed by atoms with van der Waals surface area (Å²) < 4.78 is 0. The second-order valence-corrected chi connectivity index (χ2v) is 4.63. The maximum absolute atomic E-state index is 6.25. The largest absolute Gasteiger partial charge is 0.324 e. The van der Waals surface area contributed by atoms with Crippen LogP contribution in [0.25, 0.3) is 0 Å². The second-order valence-electron chi connectivity index (χ2n) is 4.63. The van der Waals surface area contributed by atoms with Crippen LogP contribution < -0.4 is 5.73 Å². The Morgan fingerprint density at radius 2 is 2.06 bits per heavy atom. The number of aryl methyl sites for hydroxylation is 1. The second kappa shape index (κ2) is 6.31. The van der Waals surface area contributed by atoms with Crippen molar-refractivity contribution in [2.75, 3.05) is 0 Å². The Morgan fingerprint density at radius 1 is 1.17 bits per heavy atom. The van der Waals surface area contributed by atoms with Crippen LogP contribution in [-0.4, -0.2) is 4.98 Å². The highest BCUT2D eigenvalue weighted by Gasteiger charge is 2.08. The highest BCUT2D eigenvalue weighted by molar-refractivity contribution is 5.27. The molecule has 0 fully saturated rings. The van der Waals surface area contributed by atoms with Gasteiger partial charge >= 0.3 is 0 Å². The number of pyridine rings is 1. The van der Waals surface area contributed by atoms with E-state index in [1.54, 1.807) is 0 Å². The van der Waals surface area contributed by atoms with Crippen LogP contribution >= 0.6 is 0 Å². The van der Waals surface area contributed by atoms with Crippen molar-refractivity contribution in [2.24, 2.45) is 5.73 Å². The van der Waals surface area contributed by atoms with E-state index in [-0.39, 0.29) is 6.04 Å². The zero-order valence-electron chi connectivity index (χ0n) is 10.8. The van der Waals surface area contributed by atoms with Crippen LogP contribution in [0, 0.1) is 0 Å². The molecular formula is C16H20N2. The zero-order chi connectivity index (χ0) is 12.8. The minimum atomic E-state index is 0.0247. The number of hydrogen-bond acceptors (Lipinski definition) is 2. The summed E-state index contributed by atoms with van der Waals surface area (Å²) in [5.74, 6) is 0. The normalized spacial score (nSPS) is 12.3. The lowest BCUT2D eigenvalue weighted by Crippen LogP contribution is -2.14. The molecule has 18 heavy (non-hydrogen) atoms. The third-order valence-corrected chi connectivity index (χ3v) is 3.07. The van der Waals surface area contributed by atoms with E-state index in [0.717, 1.165) is 18.5 Å². The molecule has 1 aromatic heterocycles. The van der Waals surface area contributed by atoms with Crippen LogP contribution in [0.5, 0.6) is 0 Å². The molecule has 1 atom stereocenters. The third kappa shape index (κ3) is 3.41. The van der Waals surface area contributed by atoms with Gasteiger partial charge in [0, 0.05) is 24.4 Å². The number of nitrogens with two attached hydrogens (primary N) is 1. The molecule has 0 saturated carbocycles. The molecule has 0 amide bonds. The van der Waals surface area contributed by atoms with Crippen LogP contribution in [0.4, 0.5) is 0 Å². The molecule has 0 radical (unpaired) electrons. The average Bonchev–Trinajstić information content (AvgIpc) is 2.40. The Balaban J connectivity index is 2.08. The van der Waals surface area contributed by atoms with Crippen molar-refractivity contribution in [2.45, 2.75) is 32.2 Å². The number of nitrogens with zero attached hydrogens (tertiary/aromatic N) is 1. The first-order chi connectivity index (χ1) is 8.79. The fraction of sp³-hybridized carbons (Fsp3) is 0.312. The molecular weight excluding hydrogens is 220 g/mol. The van der Waals surface area contributed by atoms with E-state index in [1.165, 1.54) is 17.5 Å². The molecule has 0 aliphatic rings. The summed E-state index contributed by atoms with van der Waals surface area (Å²) in [6.45, 7) is 2.19. The van der Waals surface area contributed by atoms with Crippen molar-refractivity contribution < 1.29 is 0 Å². The van der Waals surface area contributed by atoms with E-state index in [9.17, 15) is 0 Å². The van der Waals surface area contributed by atoms with Gasteiger partial charge in [-0.3, -0.25) is 4.98 Å². The first kappa shape index (κ1) is 12.8. The minimum absolute atomic E-state index is 0.0247. The molecule has 0 saturated heterocycles. The summed E-state index contributed by atoms with van der Waals surface area (Å²) >= 11 is 0. The molecule has 1 unspecified atom stereocenters. The standard InChI is InChI=1S/C16H20N2/c1-2-6-13-7-5-8-14(11-13)16(17)12-15-9-3-4-10-18-15/h3-5,7-11,16H,2,6,12,17H2,1H3. The van der Waals surface area contributed by atoms with Crippen LogP contribution in [0.1, 0.15) is 36.2 Å². The molecule has 1 heterocycles. The maximum atomic E-state index is 6.25. The molecule has 0 aliphatic carbocycles. The van der Waals surface area contributed by atoms with Crippen LogP contribution in [0.3, 0.4) is 0 Å². The Kier molecular flexibility index (Phi) is 4.48. The van der Waals surface area contributed by atoms with Gasteiger partial charge in [-0.1, -0.05) is 43.7 Å². The Labute approximate surface area is 109 Å². The predicted octanol–water partition coefficient (Wildman–Crippen LogP) is 3.28. The molecule has 2 aromatic rings. The molecule has 0 bridgehead atoms. The summed E-state index contributed by atoms with van der Waals surface area (Å²) in [5.41, 5.74) is 9.87. The third-order valence-electron chi connectivity index (χ3n) is 3.07. The summed E-state index contributed by atoms with van der Waals surface area (Å²) in [6, 6.07) is 14.6. The molecule has 2 nitrogen and oxygen atoms in total. The summed E-state index contributed by atoms with van der Waals surface area (Å²) in [4.78, 5) is 4.32. The molecule has 1 aromatic carbocycles. The molecule has 0 aliphatic heterocycles. The summed E-state index contributed by atoms with van der Waals surface area (Å²) in [6.07, 6.45) is 4.88. The topological polar surface area (TPSA) is 38.9 Å². The zero-order valence-corrected chi connectivity index (χ0v) is 10.8. The number of aromatic nitrogens is 1. The summed E-state index contributed by atoms with van der Waals surface area (Å²) in [5, 5.41) is 0. The van der Waals surface area contributed by atoms with Crippen LogP contribution in [0.15, 0.2) is 48.7 Å². The van der Waals surface area contributed by atoms with E-state index in [0.29, 0.717) is 0 Å². The lowest BCUT2D eigenvalue weighted by atomic mass is 9.99. The number of rotatable bonds is 5. The molecule has 0 spiro atoms. The SMILES string of the molecule is CCCc1cccc(C(N)Cc2ccccn2)c1. The minimum Gasteiger partial charge on any atom is -0.324 e. The summed E-state index contributed by atoms with van der Waals surface area (Å²) in [7, 11) is 0. The molecule has 94 valence electrons. The number of benzene rings is 1. The lowest BCUT2D eigenvalue weighted by Gasteiger charge is -2.12. The van der Waals surface area contributed by atoms with Crippen molar-refractivity contribution in [3.8, 4) is 0 Å². The molecule has 2 rings (SSSR count). The predicted molar refractivity (Wildman–Crippen MR) is 75.3 cm³/mol. The Hall–Kier alpha value is -1.67. The number of hydrogen-bond donors (Lipinski definition) is 1. The smallest absolute Gasteiger partial charge is 0.0422 e. The van der Waals surface area contributed by atoms with Crippen molar-refractivity contribution in [3.05, 3.63) is 65.5 Å². The van der Waals surface area contributed by atoms with E-state index >= 15 is 0 Å². The van der Waals surface area contributed by atoms with Gasteiger partial charge in [0.15, 0.2) is 0 Å². The van der Waals surface area contributed by atoms with Gasteiger partial charge in [0.1, 0.15) is 0 Å². The van der Waals surface area contributed by atoms with Gasteiger partial charge in [-0.05, 0) is 29.7 Å². The van der Waals surface area contributed by atoms with Crippen LogP contribution in [0.2, 0.25) is 0 Å². The van der Waals surface area contributed by atoms with Crippen molar-refractivity contribution in [1.82, 2.24) is 4.98 Å². The van der Waals surface area contributed by atoms with E-state index in [4.69, 9.17) is 5.73 Å². The fourth-order valence-corrected chi connectivity index (χ4v) is 2.13. The van der Waals surface area contributed by atoms with Gasteiger partial charge in [-0.25, -0.2) is 0 Å². The van der Waals surface area contributed by atoms with Gasteiger partial charge < -0.3 is 5.73 Å².